The van der Waals surface area contributed by atoms with Gasteiger partial charge in [-0.25, -0.2) is 9.97 Å². The number of benzene rings is 1. The topological polar surface area (TPSA) is 70.3 Å². The summed E-state index contributed by atoms with van der Waals surface area (Å²) in [5, 5.41) is 9.45. The molecule has 0 saturated heterocycles. The Labute approximate surface area is 141 Å². The largest absolute Gasteiger partial charge is 0.508 e. The molecule has 0 bridgehead atoms. The first-order valence-electron chi connectivity index (χ1n) is 7.90. The second kappa shape index (κ2) is 6.84. The maximum atomic E-state index is 9.45. The van der Waals surface area contributed by atoms with E-state index >= 15 is 0 Å². The normalized spacial score (nSPS) is 11.3. The number of hydrogen-bond donors (Lipinski definition) is 1. The second-order valence-electron chi connectivity index (χ2n) is 6.09. The molecular formula is C17H22N6O. The van der Waals surface area contributed by atoms with Crippen molar-refractivity contribution in [3.63, 3.8) is 0 Å². The number of aromatic nitrogens is 4. The molecule has 1 aromatic carbocycles. The third kappa shape index (κ3) is 3.46. The van der Waals surface area contributed by atoms with Crippen LogP contribution in [0.15, 0.2) is 36.8 Å². The van der Waals surface area contributed by atoms with Gasteiger partial charge in [0.2, 0.25) is 5.95 Å². The van der Waals surface area contributed by atoms with Gasteiger partial charge in [0.25, 0.3) is 0 Å². The van der Waals surface area contributed by atoms with Gasteiger partial charge in [0, 0.05) is 19.3 Å². The number of aromatic hydroxyl groups is 1. The highest BCUT2D eigenvalue weighted by molar-refractivity contribution is 5.73. The summed E-state index contributed by atoms with van der Waals surface area (Å²) in [7, 11) is 6.13. The van der Waals surface area contributed by atoms with Gasteiger partial charge in [-0.1, -0.05) is 0 Å². The maximum Gasteiger partial charge on any atom is 0.227 e. The maximum absolute atomic E-state index is 9.45. The molecular weight excluding hydrogens is 304 g/mol. The minimum absolute atomic E-state index is 0.235. The lowest BCUT2D eigenvalue weighted by Crippen LogP contribution is -2.24. The molecule has 126 valence electrons. The molecule has 1 N–H and O–H groups in total. The van der Waals surface area contributed by atoms with Crippen LogP contribution in [0.25, 0.3) is 16.9 Å². The first kappa shape index (κ1) is 16.2. The molecule has 0 amide bonds. The number of rotatable bonds is 6. The van der Waals surface area contributed by atoms with E-state index in [1.54, 1.807) is 24.7 Å². The van der Waals surface area contributed by atoms with Crippen LogP contribution in [-0.2, 0) is 0 Å². The number of imidazole rings is 1. The Morgan fingerprint density at radius 1 is 1.04 bits per heavy atom. The quantitative estimate of drug-likeness (QED) is 0.746. The highest BCUT2D eigenvalue weighted by Crippen LogP contribution is 2.20. The average molecular weight is 326 g/mol. The summed E-state index contributed by atoms with van der Waals surface area (Å²) in [6, 6.07) is 6.96. The molecule has 0 unspecified atom stereocenters. The lowest BCUT2D eigenvalue weighted by atomic mass is 10.3. The van der Waals surface area contributed by atoms with Crippen molar-refractivity contribution in [1.29, 1.82) is 0 Å². The van der Waals surface area contributed by atoms with Crippen molar-refractivity contribution in [3.8, 4) is 11.4 Å². The van der Waals surface area contributed by atoms with Crippen molar-refractivity contribution in [3.05, 3.63) is 36.8 Å². The van der Waals surface area contributed by atoms with Gasteiger partial charge < -0.3 is 14.9 Å². The fraction of sp³-hybridized carbons (Fsp3) is 0.353. The minimum Gasteiger partial charge on any atom is -0.508 e. The zero-order valence-electron chi connectivity index (χ0n) is 14.2. The van der Waals surface area contributed by atoms with E-state index < -0.39 is 0 Å². The third-order valence-electron chi connectivity index (χ3n) is 3.85. The number of nitrogens with zero attached hydrogens (tertiary/aromatic N) is 6. The SMILES string of the molecule is CN(C)CCCN(C)c1ncc2ncn(-c3ccc(O)cc3)c2n1. The van der Waals surface area contributed by atoms with Gasteiger partial charge in [0.15, 0.2) is 5.65 Å². The predicted molar refractivity (Wildman–Crippen MR) is 94.8 cm³/mol. The molecule has 0 aliphatic heterocycles. The third-order valence-corrected chi connectivity index (χ3v) is 3.85. The smallest absolute Gasteiger partial charge is 0.227 e. The number of phenols is 1. The standard InChI is InChI=1S/C17H22N6O/c1-21(2)9-4-10-22(3)17-18-11-15-16(20-17)23(12-19-15)13-5-7-14(24)8-6-13/h5-8,11-12,24H,4,9-10H2,1-3H3. The first-order chi connectivity index (χ1) is 11.5. The Balaban J connectivity index is 1.87. The van der Waals surface area contributed by atoms with Crippen LogP contribution in [0.3, 0.4) is 0 Å². The molecule has 2 heterocycles. The zero-order valence-corrected chi connectivity index (χ0v) is 14.2. The van der Waals surface area contributed by atoms with Gasteiger partial charge in [-0.15, -0.1) is 0 Å². The number of phenolic OH excluding ortho intramolecular Hbond substituents is 1. The van der Waals surface area contributed by atoms with Gasteiger partial charge in [-0.05, 0) is 51.3 Å². The Morgan fingerprint density at radius 2 is 1.79 bits per heavy atom. The van der Waals surface area contributed by atoms with E-state index in [0.717, 1.165) is 36.4 Å². The van der Waals surface area contributed by atoms with Crippen LogP contribution < -0.4 is 4.90 Å². The van der Waals surface area contributed by atoms with Crippen LogP contribution >= 0.6 is 0 Å². The summed E-state index contributed by atoms with van der Waals surface area (Å²) in [5.41, 5.74) is 2.40. The van der Waals surface area contributed by atoms with Crippen LogP contribution in [-0.4, -0.2) is 63.8 Å². The summed E-state index contributed by atoms with van der Waals surface area (Å²) in [4.78, 5) is 17.7. The molecule has 7 nitrogen and oxygen atoms in total. The molecule has 0 spiro atoms. The molecule has 0 aliphatic rings. The molecule has 0 fully saturated rings. The Hall–Kier alpha value is -2.67. The molecule has 0 aliphatic carbocycles. The lowest BCUT2D eigenvalue weighted by molar-refractivity contribution is 0.401. The second-order valence-corrected chi connectivity index (χ2v) is 6.09. The minimum atomic E-state index is 0.235. The first-order valence-corrected chi connectivity index (χ1v) is 7.90. The molecule has 2 aromatic heterocycles. The van der Waals surface area contributed by atoms with Crippen LogP contribution in [0.1, 0.15) is 6.42 Å². The number of anilines is 1. The van der Waals surface area contributed by atoms with Crippen molar-refractivity contribution in [2.24, 2.45) is 0 Å². The van der Waals surface area contributed by atoms with E-state index in [9.17, 15) is 5.11 Å². The fourth-order valence-corrected chi connectivity index (χ4v) is 2.51. The fourth-order valence-electron chi connectivity index (χ4n) is 2.51. The van der Waals surface area contributed by atoms with E-state index in [1.807, 2.05) is 23.7 Å². The van der Waals surface area contributed by atoms with Crippen molar-refractivity contribution >= 4 is 17.1 Å². The highest BCUT2D eigenvalue weighted by Gasteiger charge is 2.11. The van der Waals surface area contributed by atoms with Gasteiger partial charge in [-0.2, -0.15) is 4.98 Å². The molecule has 3 aromatic rings. The summed E-state index contributed by atoms with van der Waals surface area (Å²) in [6.45, 7) is 1.91. The summed E-state index contributed by atoms with van der Waals surface area (Å²) in [5.74, 6) is 0.917. The van der Waals surface area contributed by atoms with E-state index in [2.05, 4.69) is 38.8 Å². The molecule has 3 rings (SSSR count). The highest BCUT2D eigenvalue weighted by atomic mass is 16.3. The van der Waals surface area contributed by atoms with Crippen molar-refractivity contribution in [1.82, 2.24) is 24.4 Å². The molecule has 0 radical (unpaired) electrons. The van der Waals surface area contributed by atoms with Crippen molar-refractivity contribution < 1.29 is 5.11 Å². The van der Waals surface area contributed by atoms with E-state index in [-0.39, 0.29) is 5.75 Å². The Kier molecular flexibility index (Phi) is 4.61. The van der Waals surface area contributed by atoms with Crippen LogP contribution in [0, 0.1) is 0 Å². The summed E-state index contributed by atoms with van der Waals surface area (Å²) < 4.78 is 1.90. The van der Waals surface area contributed by atoms with E-state index in [4.69, 9.17) is 0 Å². The van der Waals surface area contributed by atoms with Crippen molar-refractivity contribution in [2.75, 3.05) is 39.1 Å². The predicted octanol–water partition coefficient (Wildman–Crippen LogP) is 1.91. The van der Waals surface area contributed by atoms with E-state index in [1.165, 1.54) is 0 Å². The zero-order chi connectivity index (χ0) is 17.1. The molecule has 0 atom stereocenters. The van der Waals surface area contributed by atoms with Gasteiger partial charge >= 0.3 is 0 Å². The summed E-state index contributed by atoms with van der Waals surface area (Å²) >= 11 is 0. The molecule has 7 heteroatoms. The Morgan fingerprint density at radius 3 is 2.50 bits per heavy atom. The molecule has 0 saturated carbocycles. The monoisotopic (exact) mass is 326 g/mol. The van der Waals surface area contributed by atoms with Crippen LogP contribution in [0.2, 0.25) is 0 Å². The van der Waals surface area contributed by atoms with Crippen molar-refractivity contribution in [2.45, 2.75) is 6.42 Å². The lowest BCUT2D eigenvalue weighted by Gasteiger charge is -2.18. The van der Waals surface area contributed by atoms with Gasteiger partial charge in [0.1, 0.15) is 17.6 Å². The molecule has 24 heavy (non-hydrogen) atoms. The number of fused-ring (bicyclic) bond motifs is 1. The van der Waals surface area contributed by atoms with Gasteiger partial charge in [-0.3, -0.25) is 4.57 Å². The average Bonchev–Trinajstić information content (AvgIpc) is 2.98. The Bertz CT molecular complexity index is 812. The van der Waals surface area contributed by atoms with Crippen LogP contribution in [0.4, 0.5) is 5.95 Å². The van der Waals surface area contributed by atoms with Crippen LogP contribution in [0.5, 0.6) is 5.75 Å². The van der Waals surface area contributed by atoms with Gasteiger partial charge in [0.05, 0.1) is 6.20 Å². The van der Waals surface area contributed by atoms with E-state index in [0.29, 0.717) is 5.95 Å². The summed E-state index contributed by atoms with van der Waals surface area (Å²) in [6.07, 6.45) is 4.51. The number of hydrogen-bond acceptors (Lipinski definition) is 6.